The van der Waals surface area contributed by atoms with E-state index in [2.05, 4.69) is 36.2 Å². The van der Waals surface area contributed by atoms with Crippen molar-refractivity contribution in [2.75, 3.05) is 0 Å². The summed E-state index contributed by atoms with van der Waals surface area (Å²) in [6, 6.07) is 7.84. The maximum absolute atomic E-state index is 6.09. The van der Waals surface area contributed by atoms with E-state index in [4.69, 9.17) is 16.1 Å². The van der Waals surface area contributed by atoms with E-state index < -0.39 is 0 Å². The molecule has 102 valence electrons. The van der Waals surface area contributed by atoms with Crippen molar-refractivity contribution in [2.24, 2.45) is 5.92 Å². The average Bonchev–Trinajstić information content (AvgIpc) is 2.85. The van der Waals surface area contributed by atoms with E-state index in [-0.39, 0.29) is 0 Å². The quantitative estimate of drug-likeness (QED) is 0.910. The SMILES string of the molecule is CC(C)C(C)NCc1noc(-c2ccccc2Cl)n1. The van der Waals surface area contributed by atoms with Gasteiger partial charge >= 0.3 is 0 Å². The first-order chi connectivity index (χ1) is 9.08. The molecule has 0 aliphatic rings. The molecule has 2 aromatic rings. The molecule has 1 atom stereocenters. The molecule has 5 heteroatoms. The van der Waals surface area contributed by atoms with Crippen molar-refractivity contribution >= 4 is 11.6 Å². The number of nitrogens with zero attached hydrogens (tertiary/aromatic N) is 2. The second-order valence-electron chi connectivity index (χ2n) is 4.91. The number of nitrogens with one attached hydrogen (secondary N) is 1. The van der Waals surface area contributed by atoms with E-state index in [1.54, 1.807) is 6.07 Å². The smallest absolute Gasteiger partial charge is 0.259 e. The minimum absolute atomic E-state index is 0.405. The first kappa shape index (κ1) is 14.0. The van der Waals surface area contributed by atoms with Crippen molar-refractivity contribution in [2.45, 2.75) is 33.4 Å². The van der Waals surface area contributed by atoms with Crippen molar-refractivity contribution in [1.29, 1.82) is 0 Å². The fourth-order valence-corrected chi connectivity index (χ4v) is 1.77. The summed E-state index contributed by atoms with van der Waals surface area (Å²) in [6.45, 7) is 7.07. The van der Waals surface area contributed by atoms with Crippen LogP contribution in [0.4, 0.5) is 0 Å². The molecule has 0 aliphatic carbocycles. The van der Waals surface area contributed by atoms with Gasteiger partial charge in [0.05, 0.1) is 17.1 Å². The number of hydrogen-bond acceptors (Lipinski definition) is 4. The van der Waals surface area contributed by atoms with Gasteiger partial charge in [0.1, 0.15) is 0 Å². The molecule has 1 N–H and O–H groups in total. The highest BCUT2D eigenvalue weighted by Gasteiger charge is 2.13. The van der Waals surface area contributed by atoms with E-state index in [1.807, 2.05) is 18.2 Å². The van der Waals surface area contributed by atoms with Crippen LogP contribution in [0.3, 0.4) is 0 Å². The zero-order chi connectivity index (χ0) is 13.8. The standard InChI is InChI=1S/C14H18ClN3O/c1-9(2)10(3)16-8-13-17-14(19-18-13)11-6-4-5-7-12(11)15/h4-7,9-10,16H,8H2,1-3H3. The molecular weight excluding hydrogens is 262 g/mol. The van der Waals surface area contributed by atoms with Crippen molar-refractivity contribution < 1.29 is 4.52 Å². The summed E-state index contributed by atoms with van der Waals surface area (Å²) in [5.74, 6) is 1.66. The Kier molecular flexibility index (Phi) is 4.56. The lowest BCUT2D eigenvalue weighted by molar-refractivity contribution is 0.397. The van der Waals surface area contributed by atoms with Gasteiger partial charge < -0.3 is 9.84 Å². The monoisotopic (exact) mass is 279 g/mol. The van der Waals surface area contributed by atoms with E-state index >= 15 is 0 Å². The van der Waals surface area contributed by atoms with Crippen LogP contribution in [0.15, 0.2) is 28.8 Å². The molecule has 1 unspecified atom stereocenters. The Morgan fingerprint density at radius 3 is 2.68 bits per heavy atom. The van der Waals surface area contributed by atoms with Gasteiger partial charge in [-0.1, -0.05) is 42.7 Å². The van der Waals surface area contributed by atoms with Crippen molar-refractivity contribution in [3.05, 3.63) is 35.1 Å². The lowest BCUT2D eigenvalue weighted by Crippen LogP contribution is -2.30. The largest absolute Gasteiger partial charge is 0.334 e. The summed E-state index contributed by atoms with van der Waals surface area (Å²) in [5.41, 5.74) is 0.764. The molecule has 1 heterocycles. The number of aromatic nitrogens is 2. The molecule has 4 nitrogen and oxygen atoms in total. The van der Waals surface area contributed by atoms with E-state index in [0.29, 0.717) is 35.2 Å². The molecular formula is C14H18ClN3O. The molecule has 0 amide bonds. The van der Waals surface area contributed by atoms with Gasteiger partial charge in [0.15, 0.2) is 5.82 Å². The Morgan fingerprint density at radius 1 is 1.26 bits per heavy atom. The zero-order valence-electron chi connectivity index (χ0n) is 11.4. The fourth-order valence-electron chi connectivity index (χ4n) is 1.56. The number of benzene rings is 1. The van der Waals surface area contributed by atoms with Gasteiger partial charge in [-0.3, -0.25) is 0 Å². The highest BCUT2D eigenvalue weighted by molar-refractivity contribution is 6.33. The minimum Gasteiger partial charge on any atom is -0.334 e. The van der Waals surface area contributed by atoms with E-state index in [0.717, 1.165) is 5.56 Å². The van der Waals surface area contributed by atoms with Crippen molar-refractivity contribution in [3.8, 4) is 11.5 Å². The molecule has 0 spiro atoms. The fraction of sp³-hybridized carbons (Fsp3) is 0.429. The van der Waals surface area contributed by atoms with Crippen LogP contribution >= 0.6 is 11.6 Å². The second kappa shape index (κ2) is 6.17. The van der Waals surface area contributed by atoms with Gasteiger partial charge in [-0.25, -0.2) is 0 Å². The van der Waals surface area contributed by atoms with Crippen LogP contribution in [0, 0.1) is 5.92 Å². The van der Waals surface area contributed by atoms with Crippen LogP contribution in [0.2, 0.25) is 5.02 Å². The topological polar surface area (TPSA) is 51.0 Å². The third-order valence-corrected chi connectivity index (χ3v) is 3.48. The van der Waals surface area contributed by atoms with Gasteiger partial charge in [0.25, 0.3) is 5.89 Å². The van der Waals surface area contributed by atoms with Crippen molar-refractivity contribution in [1.82, 2.24) is 15.5 Å². The second-order valence-corrected chi connectivity index (χ2v) is 5.32. The highest BCUT2D eigenvalue weighted by atomic mass is 35.5. The molecule has 1 aromatic carbocycles. The number of halogens is 1. The van der Waals surface area contributed by atoms with Crippen LogP contribution in [0.5, 0.6) is 0 Å². The maximum atomic E-state index is 6.09. The first-order valence-corrected chi connectivity index (χ1v) is 6.76. The summed E-state index contributed by atoms with van der Waals surface area (Å²) >= 11 is 6.09. The molecule has 0 bridgehead atoms. The zero-order valence-corrected chi connectivity index (χ0v) is 12.1. The van der Waals surface area contributed by atoms with Crippen LogP contribution in [-0.2, 0) is 6.54 Å². The molecule has 2 rings (SSSR count). The number of rotatable bonds is 5. The van der Waals surface area contributed by atoms with Gasteiger partial charge in [-0.2, -0.15) is 4.98 Å². The average molecular weight is 280 g/mol. The van der Waals surface area contributed by atoms with Crippen LogP contribution < -0.4 is 5.32 Å². The lowest BCUT2D eigenvalue weighted by atomic mass is 10.1. The lowest BCUT2D eigenvalue weighted by Gasteiger charge is -2.15. The first-order valence-electron chi connectivity index (χ1n) is 6.39. The van der Waals surface area contributed by atoms with Gasteiger partial charge in [0, 0.05) is 6.04 Å². The molecule has 0 saturated carbocycles. The minimum atomic E-state index is 0.405. The van der Waals surface area contributed by atoms with Gasteiger partial charge in [-0.15, -0.1) is 0 Å². The third kappa shape index (κ3) is 3.55. The van der Waals surface area contributed by atoms with E-state index in [9.17, 15) is 0 Å². The molecule has 0 aliphatic heterocycles. The Hall–Kier alpha value is -1.39. The molecule has 1 aromatic heterocycles. The van der Waals surface area contributed by atoms with Gasteiger partial charge in [-0.05, 0) is 25.0 Å². The molecule has 0 radical (unpaired) electrons. The summed E-state index contributed by atoms with van der Waals surface area (Å²) in [6.07, 6.45) is 0. The Labute approximate surface area is 118 Å². The Bertz CT molecular complexity index is 539. The van der Waals surface area contributed by atoms with Crippen molar-refractivity contribution in [3.63, 3.8) is 0 Å². The molecule has 19 heavy (non-hydrogen) atoms. The molecule has 0 saturated heterocycles. The summed E-state index contributed by atoms with van der Waals surface area (Å²) in [7, 11) is 0. The predicted molar refractivity (Wildman–Crippen MR) is 75.9 cm³/mol. The van der Waals surface area contributed by atoms with E-state index in [1.165, 1.54) is 0 Å². The summed E-state index contributed by atoms with van der Waals surface area (Å²) < 4.78 is 5.24. The summed E-state index contributed by atoms with van der Waals surface area (Å²) in [4.78, 5) is 4.35. The Balaban J connectivity index is 2.06. The third-order valence-electron chi connectivity index (χ3n) is 3.15. The van der Waals surface area contributed by atoms with Gasteiger partial charge in [0.2, 0.25) is 0 Å². The highest BCUT2D eigenvalue weighted by Crippen LogP contribution is 2.25. The number of hydrogen-bond donors (Lipinski definition) is 1. The predicted octanol–water partition coefficient (Wildman–Crippen LogP) is 3.52. The normalized spacial score (nSPS) is 12.9. The molecule has 0 fully saturated rings. The summed E-state index contributed by atoms with van der Waals surface area (Å²) in [5, 5.41) is 7.93. The van der Waals surface area contributed by atoms with Crippen LogP contribution in [-0.4, -0.2) is 16.2 Å². The van der Waals surface area contributed by atoms with Crippen LogP contribution in [0.25, 0.3) is 11.5 Å². The Morgan fingerprint density at radius 2 is 2.00 bits per heavy atom. The maximum Gasteiger partial charge on any atom is 0.259 e. The van der Waals surface area contributed by atoms with Crippen LogP contribution in [0.1, 0.15) is 26.6 Å².